The average molecular weight is 244 g/mol. The van der Waals surface area contributed by atoms with E-state index >= 15 is 0 Å². The lowest BCUT2D eigenvalue weighted by Crippen LogP contribution is -2.30. The molecule has 5 heteroatoms. The molecule has 1 fully saturated rings. The van der Waals surface area contributed by atoms with Crippen molar-refractivity contribution >= 4 is 11.6 Å². The minimum Gasteiger partial charge on any atom is -0.367 e. The van der Waals surface area contributed by atoms with Crippen molar-refractivity contribution in [1.82, 2.24) is 15.2 Å². The molecule has 0 amide bonds. The van der Waals surface area contributed by atoms with Gasteiger partial charge in [0.15, 0.2) is 5.82 Å². The normalized spacial score (nSPS) is 20.6. The highest BCUT2D eigenvalue weighted by atomic mass is 35.5. The van der Waals surface area contributed by atoms with E-state index in [1.54, 1.807) is 0 Å². The van der Waals surface area contributed by atoms with Crippen LogP contribution in [0.1, 0.15) is 51.3 Å². The Bertz CT molecular complexity index is 332. The van der Waals surface area contributed by atoms with Crippen molar-refractivity contribution in [2.24, 2.45) is 0 Å². The fourth-order valence-electron chi connectivity index (χ4n) is 2.47. The van der Waals surface area contributed by atoms with Gasteiger partial charge in [-0.1, -0.05) is 25.7 Å². The molecule has 0 bridgehead atoms. The Morgan fingerprint density at radius 3 is 2.50 bits per heavy atom. The molecule has 0 spiro atoms. The number of nitrogens with zero attached hydrogens (tertiary/aromatic N) is 2. The van der Waals surface area contributed by atoms with Crippen molar-refractivity contribution in [3.05, 3.63) is 11.1 Å². The molecule has 16 heavy (non-hydrogen) atoms. The van der Waals surface area contributed by atoms with E-state index in [1.807, 2.05) is 6.92 Å². The molecule has 1 saturated carbocycles. The van der Waals surface area contributed by atoms with E-state index in [-0.39, 0.29) is 10.9 Å². The van der Waals surface area contributed by atoms with Gasteiger partial charge in [0.25, 0.3) is 0 Å². The third kappa shape index (κ3) is 2.38. The summed E-state index contributed by atoms with van der Waals surface area (Å²) in [4.78, 5) is 4.24. The number of nitrogens with one attached hydrogen (secondary N) is 1. The first kappa shape index (κ1) is 11.9. The number of halogens is 1. The summed E-state index contributed by atoms with van der Waals surface area (Å²) in [6.45, 7) is 2.71. The second-order valence-electron chi connectivity index (χ2n) is 4.29. The first-order chi connectivity index (χ1) is 7.77. The van der Waals surface area contributed by atoms with Crippen LogP contribution in [0.15, 0.2) is 0 Å². The van der Waals surface area contributed by atoms with Crippen molar-refractivity contribution in [3.63, 3.8) is 0 Å². The molecule has 1 aliphatic carbocycles. The van der Waals surface area contributed by atoms with E-state index in [2.05, 4.69) is 15.2 Å². The van der Waals surface area contributed by atoms with Gasteiger partial charge in [-0.05, 0) is 31.4 Å². The predicted octanol–water partition coefficient (Wildman–Crippen LogP) is 3.04. The molecule has 0 atom stereocenters. The number of aromatic nitrogens is 3. The molecule has 0 radical (unpaired) electrons. The van der Waals surface area contributed by atoms with Gasteiger partial charge in [0, 0.05) is 6.61 Å². The number of ether oxygens (including phenoxy) is 1. The second kappa shape index (κ2) is 5.15. The first-order valence-electron chi connectivity index (χ1n) is 5.99. The Morgan fingerprint density at radius 2 is 2.00 bits per heavy atom. The van der Waals surface area contributed by atoms with Crippen LogP contribution in [0.5, 0.6) is 0 Å². The van der Waals surface area contributed by atoms with Crippen molar-refractivity contribution in [3.8, 4) is 0 Å². The van der Waals surface area contributed by atoms with Crippen LogP contribution in [0.4, 0.5) is 0 Å². The van der Waals surface area contributed by atoms with Gasteiger partial charge in [0.2, 0.25) is 5.28 Å². The minimum atomic E-state index is -0.286. The van der Waals surface area contributed by atoms with Crippen LogP contribution in [-0.4, -0.2) is 21.8 Å². The van der Waals surface area contributed by atoms with Crippen LogP contribution in [0, 0.1) is 0 Å². The van der Waals surface area contributed by atoms with Crippen LogP contribution in [0.2, 0.25) is 5.28 Å². The standard InChI is InChI=1S/C11H18ClN3O/c1-2-16-11(7-5-3-4-6-8-11)9-13-10(12)15-14-9/h2-8H2,1H3,(H,13,14,15). The highest BCUT2D eigenvalue weighted by Crippen LogP contribution is 2.37. The molecule has 1 heterocycles. The fraction of sp³-hybridized carbons (Fsp3) is 0.818. The van der Waals surface area contributed by atoms with E-state index < -0.39 is 0 Å². The number of aromatic amines is 1. The SMILES string of the molecule is CCOC1(c2nc(Cl)n[nH]2)CCCCCC1. The van der Waals surface area contributed by atoms with E-state index in [0.717, 1.165) is 18.7 Å². The molecular weight excluding hydrogens is 226 g/mol. The zero-order valence-corrected chi connectivity index (χ0v) is 10.4. The lowest BCUT2D eigenvalue weighted by molar-refractivity contribution is -0.0621. The van der Waals surface area contributed by atoms with Gasteiger partial charge in [-0.25, -0.2) is 0 Å². The summed E-state index contributed by atoms with van der Waals surface area (Å²) in [6, 6.07) is 0. The number of hydrogen-bond acceptors (Lipinski definition) is 3. The molecule has 0 aliphatic heterocycles. The smallest absolute Gasteiger partial charge is 0.242 e. The van der Waals surface area contributed by atoms with E-state index in [0.29, 0.717) is 6.61 Å². The number of H-pyrrole nitrogens is 1. The van der Waals surface area contributed by atoms with Crippen LogP contribution in [-0.2, 0) is 10.3 Å². The number of rotatable bonds is 3. The summed E-state index contributed by atoms with van der Waals surface area (Å²) < 4.78 is 5.96. The Kier molecular flexibility index (Phi) is 3.82. The van der Waals surface area contributed by atoms with Crippen LogP contribution < -0.4 is 0 Å². The predicted molar refractivity (Wildman–Crippen MR) is 62.4 cm³/mol. The van der Waals surface area contributed by atoms with Gasteiger partial charge in [-0.15, -0.1) is 5.10 Å². The molecule has 1 N–H and O–H groups in total. The van der Waals surface area contributed by atoms with Crippen molar-refractivity contribution < 1.29 is 4.74 Å². The topological polar surface area (TPSA) is 50.8 Å². The van der Waals surface area contributed by atoms with E-state index in [9.17, 15) is 0 Å². The zero-order chi connectivity index (χ0) is 11.4. The van der Waals surface area contributed by atoms with Crippen molar-refractivity contribution in [2.45, 2.75) is 51.0 Å². The van der Waals surface area contributed by atoms with Gasteiger partial charge in [-0.3, -0.25) is 5.10 Å². The first-order valence-corrected chi connectivity index (χ1v) is 6.37. The molecular formula is C11H18ClN3O. The Labute approximate surface area is 101 Å². The maximum atomic E-state index is 5.96. The van der Waals surface area contributed by atoms with Gasteiger partial charge in [0.05, 0.1) is 0 Å². The molecule has 0 saturated heterocycles. The lowest BCUT2D eigenvalue weighted by atomic mass is 9.93. The van der Waals surface area contributed by atoms with E-state index in [4.69, 9.17) is 16.3 Å². The molecule has 1 aromatic heterocycles. The maximum Gasteiger partial charge on any atom is 0.242 e. The Hall–Kier alpha value is -0.610. The summed E-state index contributed by atoms with van der Waals surface area (Å²) in [5.41, 5.74) is -0.286. The summed E-state index contributed by atoms with van der Waals surface area (Å²) in [6.07, 6.45) is 6.92. The minimum absolute atomic E-state index is 0.276. The summed E-state index contributed by atoms with van der Waals surface area (Å²) >= 11 is 5.77. The third-order valence-corrected chi connectivity index (χ3v) is 3.39. The van der Waals surface area contributed by atoms with E-state index in [1.165, 1.54) is 25.7 Å². The maximum absolute atomic E-state index is 5.96. The van der Waals surface area contributed by atoms with Gasteiger partial charge in [-0.2, -0.15) is 4.98 Å². The molecule has 2 rings (SSSR count). The summed E-state index contributed by atoms with van der Waals surface area (Å²) in [5.74, 6) is 0.793. The molecule has 1 aliphatic rings. The van der Waals surface area contributed by atoms with Gasteiger partial charge >= 0.3 is 0 Å². The van der Waals surface area contributed by atoms with Crippen molar-refractivity contribution in [1.29, 1.82) is 0 Å². The Balaban J connectivity index is 2.25. The monoisotopic (exact) mass is 243 g/mol. The fourth-order valence-corrected chi connectivity index (χ4v) is 2.60. The quantitative estimate of drug-likeness (QED) is 0.831. The van der Waals surface area contributed by atoms with Crippen LogP contribution in [0.3, 0.4) is 0 Å². The highest BCUT2D eigenvalue weighted by Gasteiger charge is 2.36. The molecule has 90 valence electrons. The largest absolute Gasteiger partial charge is 0.367 e. The summed E-state index contributed by atoms with van der Waals surface area (Å²) in [7, 11) is 0. The average Bonchev–Trinajstić information content (AvgIpc) is 2.57. The number of hydrogen-bond donors (Lipinski definition) is 1. The van der Waals surface area contributed by atoms with Gasteiger partial charge < -0.3 is 4.74 Å². The van der Waals surface area contributed by atoms with Gasteiger partial charge in [0.1, 0.15) is 5.60 Å². The third-order valence-electron chi connectivity index (χ3n) is 3.22. The molecule has 1 aromatic rings. The highest BCUT2D eigenvalue weighted by molar-refractivity contribution is 6.28. The lowest BCUT2D eigenvalue weighted by Gasteiger charge is -2.30. The van der Waals surface area contributed by atoms with Crippen LogP contribution >= 0.6 is 11.6 Å². The summed E-state index contributed by atoms with van der Waals surface area (Å²) in [5, 5.41) is 7.09. The second-order valence-corrected chi connectivity index (χ2v) is 4.63. The Morgan fingerprint density at radius 1 is 1.31 bits per heavy atom. The van der Waals surface area contributed by atoms with Crippen LogP contribution in [0.25, 0.3) is 0 Å². The molecule has 0 unspecified atom stereocenters. The van der Waals surface area contributed by atoms with Crippen molar-refractivity contribution in [2.75, 3.05) is 6.61 Å². The molecule has 4 nitrogen and oxygen atoms in total. The molecule has 0 aromatic carbocycles. The zero-order valence-electron chi connectivity index (χ0n) is 9.63.